The van der Waals surface area contributed by atoms with E-state index in [1.165, 1.54) is 11.3 Å². The van der Waals surface area contributed by atoms with Gasteiger partial charge in [0.1, 0.15) is 0 Å². The van der Waals surface area contributed by atoms with E-state index in [9.17, 15) is 0 Å². The predicted octanol–water partition coefficient (Wildman–Crippen LogP) is 3.67. The molecule has 3 nitrogen and oxygen atoms in total. The van der Waals surface area contributed by atoms with E-state index in [0.717, 1.165) is 30.1 Å². The lowest BCUT2D eigenvalue weighted by molar-refractivity contribution is 0.512. The Morgan fingerprint density at radius 3 is 2.75 bits per heavy atom. The van der Waals surface area contributed by atoms with Gasteiger partial charge in [0.2, 0.25) is 0 Å². The Kier molecular flexibility index (Phi) is 5.21. The summed E-state index contributed by atoms with van der Waals surface area (Å²) in [5.41, 5.74) is 3.52. The van der Waals surface area contributed by atoms with E-state index in [-0.39, 0.29) is 6.04 Å². The quantitative estimate of drug-likeness (QED) is 0.880. The summed E-state index contributed by atoms with van der Waals surface area (Å²) in [7, 11) is 2.00. The Hall–Kier alpha value is -1.32. The Labute approximate surface area is 126 Å². The number of aromatic nitrogens is 2. The monoisotopic (exact) mass is 291 g/mol. The predicted molar refractivity (Wildman–Crippen MR) is 84.1 cm³/mol. The van der Waals surface area contributed by atoms with Crippen LogP contribution < -0.4 is 5.32 Å². The van der Waals surface area contributed by atoms with Crippen molar-refractivity contribution in [3.63, 3.8) is 0 Å². The van der Waals surface area contributed by atoms with Gasteiger partial charge in [-0.15, -0.1) is 0 Å². The first kappa shape index (κ1) is 15.1. The van der Waals surface area contributed by atoms with Gasteiger partial charge in [-0.05, 0) is 43.7 Å². The Bertz CT molecular complexity index is 563. The molecule has 4 heteroatoms. The molecule has 0 fully saturated rings. The minimum atomic E-state index is 0.267. The maximum atomic E-state index is 6.12. The largest absolute Gasteiger partial charge is 0.310 e. The minimum Gasteiger partial charge on any atom is -0.310 e. The summed E-state index contributed by atoms with van der Waals surface area (Å²) in [6.07, 6.45) is 2.03. The smallest absolute Gasteiger partial charge is 0.0596 e. The molecule has 1 unspecified atom stereocenters. The summed E-state index contributed by atoms with van der Waals surface area (Å²) in [6, 6.07) is 10.5. The van der Waals surface area contributed by atoms with E-state index in [4.69, 9.17) is 11.6 Å². The van der Waals surface area contributed by atoms with Crippen molar-refractivity contribution in [2.45, 2.75) is 32.7 Å². The highest BCUT2D eigenvalue weighted by molar-refractivity contribution is 6.30. The van der Waals surface area contributed by atoms with Crippen molar-refractivity contribution in [1.29, 1.82) is 0 Å². The van der Waals surface area contributed by atoms with Gasteiger partial charge in [-0.2, -0.15) is 5.10 Å². The molecule has 0 saturated carbocycles. The summed E-state index contributed by atoms with van der Waals surface area (Å²) in [5.74, 6) is 0. The lowest BCUT2D eigenvalue weighted by Gasteiger charge is -2.19. The van der Waals surface area contributed by atoms with E-state index in [1.54, 1.807) is 0 Å². The molecule has 1 N–H and O–H groups in total. The van der Waals surface area contributed by atoms with Crippen LogP contribution in [0.4, 0.5) is 0 Å². The zero-order valence-corrected chi connectivity index (χ0v) is 13.1. The average Bonchev–Trinajstić information content (AvgIpc) is 2.72. The molecule has 0 spiro atoms. The third-order valence-electron chi connectivity index (χ3n) is 3.40. The fourth-order valence-corrected chi connectivity index (χ4v) is 2.61. The molecule has 0 aliphatic rings. The van der Waals surface area contributed by atoms with Crippen LogP contribution in [-0.2, 0) is 13.5 Å². The first-order valence-corrected chi connectivity index (χ1v) is 7.46. The van der Waals surface area contributed by atoms with Crippen LogP contribution in [0, 0.1) is 6.92 Å². The molecule has 0 bridgehead atoms. The van der Waals surface area contributed by atoms with Crippen LogP contribution in [0.25, 0.3) is 0 Å². The van der Waals surface area contributed by atoms with Gasteiger partial charge in [0.25, 0.3) is 0 Å². The molecule has 0 amide bonds. The Morgan fingerprint density at radius 1 is 1.35 bits per heavy atom. The summed E-state index contributed by atoms with van der Waals surface area (Å²) < 4.78 is 1.96. The Morgan fingerprint density at radius 2 is 2.15 bits per heavy atom. The molecular weight excluding hydrogens is 270 g/mol. The highest BCUT2D eigenvalue weighted by Crippen LogP contribution is 2.22. The molecule has 0 radical (unpaired) electrons. The number of hydrogen-bond donors (Lipinski definition) is 1. The summed E-state index contributed by atoms with van der Waals surface area (Å²) in [6.45, 7) is 5.20. The SMILES string of the molecule is CCCNC(Cc1cc(C)nn1C)c1cccc(Cl)c1. The molecule has 2 rings (SSSR count). The van der Waals surface area contributed by atoms with E-state index < -0.39 is 0 Å². The first-order valence-electron chi connectivity index (χ1n) is 7.08. The van der Waals surface area contributed by atoms with Gasteiger partial charge in [0.15, 0.2) is 0 Å². The highest BCUT2D eigenvalue weighted by atomic mass is 35.5. The van der Waals surface area contributed by atoms with Gasteiger partial charge < -0.3 is 5.32 Å². The van der Waals surface area contributed by atoms with Gasteiger partial charge in [0, 0.05) is 30.2 Å². The summed E-state index contributed by atoms with van der Waals surface area (Å²) in [5, 5.41) is 8.80. The van der Waals surface area contributed by atoms with E-state index in [2.05, 4.69) is 29.5 Å². The summed E-state index contributed by atoms with van der Waals surface area (Å²) in [4.78, 5) is 0. The number of nitrogens with zero attached hydrogens (tertiary/aromatic N) is 2. The van der Waals surface area contributed by atoms with Crippen LogP contribution in [0.2, 0.25) is 5.02 Å². The van der Waals surface area contributed by atoms with Crippen LogP contribution in [0.5, 0.6) is 0 Å². The van der Waals surface area contributed by atoms with Gasteiger partial charge in [-0.1, -0.05) is 30.7 Å². The van der Waals surface area contributed by atoms with Crippen molar-refractivity contribution in [3.05, 3.63) is 52.3 Å². The van der Waals surface area contributed by atoms with Crippen LogP contribution in [0.15, 0.2) is 30.3 Å². The maximum Gasteiger partial charge on any atom is 0.0596 e. The lowest BCUT2D eigenvalue weighted by Crippen LogP contribution is -2.25. The normalized spacial score (nSPS) is 12.6. The molecule has 20 heavy (non-hydrogen) atoms. The van der Waals surface area contributed by atoms with Crippen molar-refractivity contribution in [1.82, 2.24) is 15.1 Å². The third-order valence-corrected chi connectivity index (χ3v) is 3.64. The van der Waals surface area contributed by atoms with E-state index >= 15 is 0 Å². The topological polar surface area (TPSA) is 29.9 Å². The second kappa shape index (κ2) is 6.91. The maximum absolute atomic E-state index is 6.12. The highest BCUT2D eigenvalue weighted by Gasteiger charge is 2.14. The molecular formula is C16H22ClN3. The first-order chi connectivity index (χ1) is 9.60. The second-order valence-corrected chi connectivity index (χ2v) is 5.60. The van der Waals surface area contributed by atoms with Crippen molar-refractivity contribution in [3.8, 4) is 0 Å². The second-order valence-electron chi connectivity index (χ2n) is 5.17. The van der Waals surface area contributed by atoms with Crippen molar-refractivity contribution in [2.24, 2.45) is 7.05 Å². The summed E-state index contributed by atoms with van der Waals surface area (Å²) >= 11 is 6.12. The molecule has 1 aromatic carbocycles. The molecule has 1 aromatic heterocycles. The third kappa shape index (κ3) is 3.84. The van der Waals surface area contributed by atoms with Crippen LogP contribution >= 0.6 is 11.6 Å². The van der Waals surface area contributed by atoms with Gasteiger partial charge >= 0.3 is 0 Å². The molecule has 0 saturated heterocycles. The van der Waals surface area contributed by atoms with Crippen LogP contribution in [-0.4, -0.2) is 16.3 Å². The van der Waals surface area contributed by atoms with E-state index in [0.29, 0.717) is 0 Å². The molecule has 2 aromatic rings. The van der Waals surface area contributed by atoms with Gasteiger partial charge in [0.05, 0.1) is 5.69 Å². The molecule has 1 atom stereocenters. The standard InChI is InChI=1S/C16H22ClN3/c1-4-8-18-16(13-6-5-7-14(17)10-13)11-15-9-12(2)19-20(15)3/h5-7,9-10,16,18H,4,8,11H2,1-3H3. The molecule has 108 valence electrons. The van der Waals surface area contributed by atoms with E-state index in [1.807, 2.05) is 36.9 Å². The number of aryl methyl sites for hydroxylation is 2. The van der Waals surface area contributed by atoms with Crippen molar-refractivity contribution < 1.29 is 0 Å². The van der Waals surface area contributed by atoms with Gasteiger partial charge in [-0.25, -0.2) is 0 Å². The zero-order chi connectivity index (χ0) is 14.5. The molecule has 0 aliphatic carbocycles. The molecule has 1 heterocycles. The van der Waals surface area contributed by atoms with Crippen LogP contribution in [0.3, 0.4) is 0 Å². The number of nitrogens with one attached hydrogen (secondary N) is 1. The molecule has 0 aliphatic heterocycles. The number of halogens is 1. The van der Waals surface area contributed by atoms with Gasteiger partial charge in [-0.3, -0.25) is 4.68 Å². The minimum absolute atomic E-state index is 0.267. The van der Waals surface area contributed by atoms with Crippen molar-refractivity contribution in [2.75, 3.05) is 6.54 Å². The van der Waals surface area contributed by atoms with Crippen LogP contribution in [0.1, 0.15) is 36.3 Å². The fraction of sp³-hybridized carbons (Fsp3) is 0.438. The fourth-order valence-electron chi connectivity index (χ4n) is 2.41. The zero-order valence-electron chi connectivity index (χ0n) is 12.4. The lowest BCUT2D eigenvalue weighted by atomic mass is 10.0. The average molecular weight is 292 g/mol. The Balaban J connectivity index is 2.21. The number of rotatable bonds is 6. The number of hydrogen-bond acceptors (Lipinski definition) is 2. The number of benzene rings is 1. The van der Waals surface area contributed by atoms with Crippen molar-refractivity contribution >= 4 is 11.6 Å².